The molecule has 212 valence electrons. The minimum absolute atomic E-state index is 0.0716. The third kappa shape index (κ3) is 7.04. The number of carbonyl (C=O) groups excluding carboxylic acids is 2. The number of carbonyl (C=O) groups is 2. The molecule has 1 aliphatic carbocycles. The minimum atomic E-state index is -4.09. The van der Waals surface area contributed by atoms with Crippen LogP contribution in [0.5, 0.6) is 0 Å². The van der Waals surface area contributed by atoms with Crippen molar-refractivity contribution in [3.05, 3.63) is 95.0 Å². The average Bonchev–Trinajstić information content (AvgIpc) is 3.46. The van der Waals surface area contributed by atoms with Crippen LogP contribution in [-0.4, -0.2) is 43.8 Å². The molecule has 1 atom stereocenters. The molecule has 1 fully saturated rings. The highest BCUT2D eigenvalue weighted by atomic mass is 35.5. The average molecular weight is 582 g/mol. The molecule has 0 bridgehead atoms. The molecule has 2 amide bonds. The van der Waals surface area contributed by atoms with Crippen molar-refractivity contribution in [1.29, 1.82) is 0 Å². The van der Waals surface area contributed by atoms with Crippen molar-refractivity contribution in [2.75, 3.05) is 10.8 Å². The molecule has 0 aliphatic heterocycles. The number of sulfonamides is 1. The van der Waals surface area contributed by atoms with Gasteiger partial charge in [0.1, 0.15) is 12.6 Å². The van der Waals surface area contributed by atoms with Gasteiger partial charge in [-0.3, -0.25) is 13.9 Å². The molecule has 9 heteroatoms. The van der Waals surface area contributed by atoms with E-state index < -0.39 is 28.5 Å². The van der Waals surface area contributed by atoms with E-state index in [1.807, 2.05) is 26.0 Å². The number of anilines is 1. The number of hydrogen-bond acceptors (Lipinski definition) is 4. The fraction of sp³-hybridized carbons (Fsp3) is 0.355. The monoisotopic (exact) mass is 581 g/mol. The zero-order chi connectivity index (χ0) is 28.7. The molecule has 7 nitrogen and oxygen atoms in total. The molecular weight excluding hydrogens is 546 g/mol. The largest absolute Gasteiger partial charge is 0.352 e. The normalized spacial score (nSPS) is 14.5. The summed E-state index contributed by atoms with van der Waals surface area (Å²) in [5, 5.41) is 3.59. The highest BCUT2D eigenvalue weighted by Gasteiger charge is 2.34. The van der Waals surface area contributed by atoms with Crippen molar-refractivity contribution < 1.29 is 18.0 Å². The highest BCUT2D eigenvalue weighted by Crippen LogP contribution is 2.26. The van der Waals surface area contributed by atoms with Crippen LogP contribution in [0.3, 0.4) is 0 Å². The van der Waals surface area contributed by atoms with E-state index in [0.29, 0.717) is 22.7 Å². The van der Waals surface area contributed by atoms with Crippen molar-refractivity contribution in [3.63, 3.8) is 0 Å². The summed E-state index contributed by atoms with van der Waals surface area (Å²) in [6, 6.07) is 21.5. The van der Waals surface area contributed by atoms with E-state index in [9.17, 15) is 18.0 Å². The number of halogens is 1. The summed E-state index contributed by atoms with van der Waals surface area (Å²) in [7, 11) is -4.09. The summed E-state index contributed by atoms with van der Waals surface area (Å²) in [5.74, 6) is -0.726. The lowest BCUT2D eigenvalue weighted by Gasteiger charge is -2.34. The Labute approximate surface area is 242 Å². The third-order valence-corrected chi connectivity index (χ3v) is 9.47. The summed E-state index contributed by atoms with van der Waals surface area (Å²) >= 11 is 6.46. The molecule has 0 unspecified atom stereocenters. The van der Waals surface area contributed by atoms with Gasteiger partial charge in [0.05, 0.1) is 10.6 Å². The highest BCUT2D eigenvalue weighted by molar-refractivity contribution is 7.92. The maximum Gasteiger partial charge on any atom is 0.264 e. The first kappa shape index (κ1) is 29.6. The Bertz CT molecular complexity index is 1410. The summed E-state index contributed by atoms with van der Waals surface area (Å²) in [6.07, 6.45) is 4.32. The van der Waals surface area contributed by atoms with Gasteiger partial charge in [0, 0.05) is 17.6 Å². The number of aryl methyl sites for hydroxylation is 1. The lowest BCUT2D eigenvalue weighted by Crippen LogP contribution is -2.53. The fourth-order valence-electron chi connectivity index (χ4n) is 5.06. The molecule has 40 heavy (non-hydrogen) atoms. The van der Waals surface area contributed by atoms with Crippen molar-refractivity contribution in [3.8, 4) is 0 Å². The van der Waals surface area contributed by atoms with Gasteiger partial charge in [-0.25, -0.2) is 8.42 Å². The lowest BCUT2D eigenvalue weighted by molar-refractivity contribution is -0.140. The Morgan fingerprint density at radius 2 is 1.57 bits per heavy atom. The van der Waals surface area contributed by atoms with Gasteiger partial charge in [-0.1, -0.05) is 85.5 Å². The number of benzene rings is 3. The first-order valence-corrected chi connectivity index (χ1v) is 15.5. The van der Waals surface area contributed by atoms with Crippen LogP contribution in [0, 0.1) is 6.92 Å². The number of nitrogens with zero attached hydrogens (tertiary/aromatic N) is 2. The van der Waals surface area contributed by atoms with Gasteiger partial charge in [0.2, 0.25) is 11.8 Å². The predicted molar refractivity (Wildman–Crippen MR) is 159 cm³/mol. The summed E-state index contributed by atoms with van der Waals surface area (Å²) < 4.78 is 28.8. The molecule has 0 spiro atoms. The number of nitrogens with one attached hydrogen (secondary N) is 1. The topological polar surface area (TPSA) is 86.8 Å². The van der Waals surface area contributed by atoms with Gasteiger partial charge in [-0.05, 0) is 62.1 Å². The number of hydrogen-bond donors (Lipinski definition) is 1. The van der Waals surface area contributed by atoms with Gasteiger partial charge in [0.15, 0.2) is 0 Å². The molecule has 3 aromatic carbocycles. The van der Waals surface area contributed by atoms with E-state index in [-0.39, 0.29) is 23.4 Å². The van der Waals surface area contributed by atoms with E-state index in [1.165, 1.54) is 17.0 Å². The van der Waals surface area contributed by atoms with E-state index in [1.54, 1.807) is 54.6 Å². The Morgan fingerprint density at radius 1 is 0.950 bits per heavy atom. The molecule has 4 rings (SSSR count). The van der Waals surface area contributed by atoms with E-state index >= 15 is 0 Å². The van der Waals surface area contributed by atoms with Crippen LogP contribution >= 0.6 is 11.6 Å². The Balaban J connectivity index is 1.71. The minimum Gasteiger partial charge on any atom is -0.352 e. The molecule has 1 N–H and O–H groups in total. The second-order valence-electron chi connectivity index (χ2n) is 10.2. The molecule has 0 saturated heterocycles. The Morgan fingerprint density at radius 3 is 2.20 bits per heavy atom. The van der Waals surface area contributed by atoms with E-state index in [0.717, 1.165) is 35.6 Å². The first-order valence-electron chi connectivity index (χ1n) is 13.7. The van der Waals surface area contributed by atoms with Crippen molar-refractivity contribution in [2.45, 2.75) is 69.5 Å². The van der Waals surface area contributed by atoms with Crippen LogP contribution in [0.15, 0.2) is 83.8 Å². The molecule has 1 aliphatic rings. The molecule has 0 radical (unpaired) electrons. The van der Waals surface area contributed by atoms with Gasteiger partial charge >= 0.3 is 0 Å². The second kappa shape index (κ2) is 13.3. The van der Waals surface area contributed by atoms with E-state index in [4.69, 9.17) is 11.6 Å². The summed E-state index contributed by atoms with van der Waals surface area (Å²) in [5.41, 5.74) is 2.00. The molecule has 3 aromatic rings. The van der Waals surface area contributed by atoms with Gasteiger partial charge in [-0.15, -0.1) is 0 Å². The third-order valence-electron chi connectivity index (χ3n) is 7.32. The molecular formula is C31H36ClN3O4S. The quantitative estimate of drug-likeness (QED) is 0.314. The van der Waals surface area contributed by atoms with Crippen LogP contribution < -0.4 is 9.62 Å². The lowest BCUT2D eigenvalue weighted by atomic mass is 10.1. The standard InChI is InChI=1S/C31H36ClN3O4S/c1-3-29(31(37)33-25-12-8-9-13-25)34(21-24-11-7-10-16-28(24)32)30(36)22-35(26-19-17-23(2)18-20-26)40(38,39)27-14-5-4-6-15-27/h4-7,10-11,14-20,25,29H,3,8-9,12-13,21-22H2,1-2H3,(H,33,37)/t29-/m1/s1. The van der Waals surface area contributed by atoms with Crippen LogP contribution in [0.4, 0.5) is 5.69 Å². The zero-order valence-electron chi connectivity index (χ0n) is 22.9. The fourth-order valence-corrected chi connectivity index (χ4v) is 6.69. The zero-order valence-corrected chi connectivity index (χ0v) is 24.5. The Kier molecular flexibility index (Phi) is 9.87. The van der Waals surface area contributed by atoms with Gasteiger partial charge < -0.3 is 10.2 Å². The molecule has 0 aromatic heterocycles. The van der Waals surface area contributed by atoms with Crippen molar-refractivity contribution in [2.24, 2.45) is 0 Å². The van der Waals surface area contributed by atoms with Crippen LogP contribution in [0.1, 0.15) is 50.2 Å². The van der Waals surface area contributed by atoms with Crippen molar-refractivity contribution in [1.82, 2.24) is 10.2 Å². The maximum atomic E-state index is 14.1. The Hall–Kier alpha value is -3.36. The SMILES string of the molecule is CC[C@H](C(=O)NC1CCCC1)N(Cc1ccccc1Cl)C(=O)CN(c1ccc(C)cc1)S(=O)(=O)c1ccccc1. The molecule has 1 saturated carbocycles. The maximum absolute atomic E-state index is 14.1. The first-order chi connectivity index (χ1) is 19.2. The predicted octanol–water partition coefficient (Wildman–Crippen LogP) is 5.71. The second-order valence-corrected chi connectivity index (χ2v) is 12.5. The summed E-state index contributed by atoms with van der Waals surface area (Å²) in [4.78, 5) is 29.2. The van der Waals surface area contributed by atoms with Crippen LogP contribution in [0.2, 0.25) is 5.02 Å². The number of rotatable bonds is 11. The van der Waals surface area contributed by atoms with Crippen LogP contribution in [-0.2, 0) is 26.2 Å². The van der Waals surface area contributed by atoms with Crippen molar-refractivity contribution >= 4 is 39.1 Å². The summed E-state index contributed by atoms with van der Waals surface area (Å²) in [6.45, 7) is 3.36. The smallest absolute Gasteiger partial charge is 0.264 e. The number of amides is 2. The van der Waals surface area contributed by atoms with Gasteiger partial charge in [-0.2, -0.15) is 0 Å². The van der Waals surface area contributed by atoms with Gasteiger partial charge in [0.25, 0.3) is 10.0 Å². The molecule has 0 heterocycles. The van der Waals surface area contributed by atoms with Crippen LogP contribution in [0.25, 0.3) is 0 Å². The van der Waals surface area contributed by atoms with E-state index in [2.05, 4.69) is 5.32 Å².